The second-order valence-electron chi connectivity index (χ2n) is 4.42. The Morgan fingerprint density at radius 3 is 2.19 bits per heavy atom. The fraction of sp³-hybridized carbons (Fsp3) is 0.278. The predicted molar refractivity (Wildman–Crippen MR) is 86.3 cm³/mol. The van der Waals surface area contributed by atoms with Gasteiger partial charge >= 0.3 is 0 Å². The molecule has 1 unspecified atom stereocenters. The summed E-state index contributed by atoms with van der Waals surface area (Å²) in [5, 5.41) is 0. The van der Waals surface area contributed by atoms with Crippen molar-refractivity contribution in [1.82, 2.24) is 0 Å². The molecule has 0 radical (unpaired) electrons. The van der Waals surface area contributed by atoms with Crippen molar-refractivity contribution in [2.75, 3.05) is 0 Å². The van der Waals surface area contributed by atoms with Gasteiger partial charge in [-0.25, -0.2) is 0 Å². The highest BCUT2D eigenvalue weighted by Gasteiger charge is 2.02. The molecule has 21 heavy (non-hydrogen) atoms. The van der Waals surface area contributed by atoms with Crippen molar-refractivity contribution in [3.05, 3.63) is 65.7 Å². The van der Waals surface area contributed by atoms with Crippen molar-refractivity contribution in [3.63, 3.8) is 0 Å². The van der Waals surface area contributed by atoms with Crippen molar-refractivity contribution in [3.8, 4) is 5.75 Å². The van der Waals surface area contributed by atoms with Crippen LogP contribution in [0.5, 0.6) is 5.75 Å². The molecule has 1 atom stereocenters. The quantitative estimate of drug-likeness (QED) is 0.828. The number of carbonyl (C=O) groups excluding carboxylic acids is 1. The molecule has 0 bridgehead atoms. The normalized spacial score (nSPS) is 11.0. The van der Waals surface area contributed by atoms with Crippen LogP contribution in [0.3, 0.4) is 0 Å². The highest BCUT2D eigenvalue weighted by Crippen LogP contribution is 2.14. The molecule has 0 amide bonds. The van der Waals surface area contributed by atoms with Gasteiger partial charge in [0.15, 0.2) is 0 Å². The van der Waals surface area contributed by atoms with E-state index in [1.807, 2.05) is 68.4 Å². The number of ether oxygens (including phenoxy) is 1. The number of nitrogens with two attached hydrogens (primary N) is 1. The summed E-state index contributed by atoms with van der Waals surface area (Å²) < 4.78 is 5.68. The molecule has 2 aromatic rings. The minimum absolute atomic E-state index is 0.434. The Hall–Kier alpha value is -2.13. The Kier molecular flexibility index (Phi) is 7.84. The van der Waals surface area contributed by atoms with Crippen LogP contribution < -0.4 is 10.5 Å². The molecule has 2 N–H and O–H groups in total. The lowest BCUT2D eigenvalue weighted by Crippen LogP contribution is -2.23. The molecule has 112 valence electrons. The van der Waals surface area contributed by atoms with Gasteiger partial charge in [-0.15, -0.1) is 0 Å². The molecule has 0 aliphatic rings. The van der Waals surface area contributed by atoms with Crippen LogP contribution in [0.2, 0.25) is 0 Å². The summed E-state index contributed by atoms with van der Waals surface area (Å²) in [6.07, 6.45) is 1.32. The first-order chi connectivity index (χ1) is 10.3. The average Bonchev–Trinajstić information content (AvgIpc) is 2.57. The number of rotatable bonds is 6. The van der Waals surface area contributed by atoms with Crippen LogP contribution in [0.15, 0.2) is 54.6 Å². The molecule has 0 heterocycles. The van der Waals surface area contributed by atoms with Crippen LogP contribution in [0.25, 0.3) is 0 Å². The molecule has 3 nitrogen and oxygen atoms in total. The van der Waals surface area contributed by atoms with Gasteiger partial charge in [0.25, 0.3) is 0 Å². The van der Waals surface area contributed by atoms with Crippen LogP contribution >= 0.6 is 0 Å². The van der Waals surface area contributed by atoms with Crippen molar-refractivity contribution >= 4 is 6.29 Å². The molecule has 0 aliphatic carbocycles. The lowest BCUT2D eigenvalue weighted by Gasteiger charge is -2.08. The van der Waals surface area contributed by atoms with Crippen molar-refractivity contribution in [2.45, 2.75) is 32.9 Å². The maximum Gasteiger partial charge on any atom is 0.137 e. The SMILES string of the molecule is CC.NC(C=O)Cc1ccc(OCc2ccccc2)cc1. The number of carbonyl (C=O) groups is 1. The number of aldehydes is 1. The Balaban J connectivity index is 0.00000106. The molecule has 0 aliphatic heterocycles. The smallest absolute Gasteiger partial charge is 0.137 e. The van der Waals surface area contributed by atoms with Crippen LogP contribution in [0.1, 0.15) is 25.0 Å². The van der Waals surface area contributed by atoms with Gasteiger partial charge in [0, 0.05) is 0 Å². The third kappa shape index (κ3) is 6.23. The minimum Gasteiger partial charge on any atom is -0.489 e. The summed E-state index contributed by atoms with van der Waals surface area (Å²) in [6.45, 7) is 4.55. The Labute approximate surface area is 126 Å². The molecule has 0 saturated carbocycles. The van der Waals surface area contributed by atoms with Gasteiger partial charge in [-0.3, -0.25) is 0 Å². The maximum absolute atomic E-state index is 10.5. The Morgan fingerprint density at radius 1 is 1.00 bits per heavy atom. The summed E-state index contributed by atoms with van der Waals surface area (Å²) in [5.74, 6) is 0.812. The minimum atomic E-state index is -0.434. The Morgan fingerprint density at radius 2 is 1.62 bits per heavy atom. The standard InChI is InChI=1S/C16H17NO2.C2H6/c17-15(11-18)10-13-6-8-16(9-7-13)19-12-14-4-2-1-3-5-14;1-2/h1-9,11,15H,10,12,17H2;1-2H3. The largest absolute Gasteiger partial charge is 0.489 e. The van der Waals surface area contributed by atoms with Gasteiger partial charge in [-0.05, 0) is 29.7 Å². The summed E-state index contributed by atoms with van der Waals surface area (Å²) in [4.78, 5) is 10.5. The first kappa shape index (κ1) is 16.9. The third-order valence-electron chi connectivity index (χ3n) is 2.82. The van der Waals surface area contributed by atoms with Crippen molar-refractivity contribution < 1.29 is 9.53 Å². The molecule has 2 rings (SSSR count). The van der Waals surface area contributed by atoms with E-state index in [9.17, 15) is 4.79 Å². The maximum atomic E-state index is 10.5. The molecule has 0 spiro atoms. The van der Waals surface area contributed by atoms with Crippen LogP contribution in [-0.2, 0) is 17.8 Å². The van der Waals surface area contributed by atoms with Crippen LogP contribution in [-0.4, -0.2) is 12.3 Å². The van der Waals surface area contributed by atoms with E-state index in [-0.39, 0.29) is 0 Å². The van der Waals surface area contributed by atoms with E-state index in [0.717, 1.165) is 23.2 Å². The van der Waals surface area contributed by atoms with Gasteiger partial charge in [-0.1, -0.05) is 56.3 Å². The van der Waals surface area contributed by atoms with Crippen LogP contribution in [0.4, 0.5) is 0 Å². The molecule has 0 saturated heterocycles. The van der Waals surface area contributed by atoms with Crippen LogP contribution in [0, 0.1) is 0 Å². The molecule has 0 fully saturated rings. The first-order valence-corrected chi connectivity index (χ1v) is 7.24. The molecular weight excluding hydrogens is 262 g/mol. The Bertz CT molecular complexity index is 509. The third-order valence-corrected chi connectivity index (χ3v) is 2.82. The highest BCUT2D eigenvalue weighted by molar-refractivity contribution is 5.57. The predicted octanol–water partition coefficient (Wildman–Crippen LogP) is 3.36. The summed E-state index contributed by atoms with van der Waals surface area (Å²) in [7, 11) is 0. The fourth-order valence-electron chi connectivity index (χ4n) is 1.78. The topological polar surface area (TPSA) is 52.3 Å². The molecule has 3 heteroatoms. The van der Waals surface area contributed by atoms with Gasteiger partial charge in [0.05, 0.1) is 6.04 Å². The van der Waals surface area contributed by atoms with Crippen molar-refractivity contribution in [1.29, 1.82) is 0 Å². The van der Waals surface area contributed by atoms with Gasteiger partial charge in [0.1, 0.15) is 18.6 Å². The zero-order valence-corrected chi connectivity index (χ0v) is 12.7. The number of hydrogen-bond donors (Lipinski definition) is 1. The molecule has 0 aromatic heterocycles. The lowest BCUT2D eigenvalue weighted by atomic mass is 10.1. The van der Waals surface area contributed by atoms with E-state index in [4.69, 9.17) is 10.5 Å². The zero-order chi connectivity index (χ0) is 15.5. The van der Waals surface area contributed by atoms with E-state index >= 15 is 0 Å². The lowest BCUT2D eigenvalue weighted by molar-refractivity contribution is -0.108. The van der Waals surface area contributed by atoms with Gasteiger partial charge in [-0.2, -0.15) is 0 Å². The van der Waals surface area contributed by atoms with Gasteiger partial charge in [0.2, 0.25) is 0 Å². The van der Waals surface area contributed by atoms with E-state index in [2.05, 4.69) is 0 Å². The highest BCUT2D eigenvalue weighted by atomic mass is 16.5. The van der Waals surface area contributed by atoms with Gasteiger partial charge < -0.3 is 15.3 Å². The fourth-order valence-corrected chi connectivity index (χ4v) is 1.78. The second kappa shape index (κ2) is 9.72. The molecular formula is C18H23NO2. The van der Waals surface area contributed by atoms with E-state index in [1.54, 1.807) is 0 Å². The first-order valence-electron chi connectivity index (χ1n) is 7.24. The van der Waals surface area contributed by atoms with E-state index < -0.39 is 6.04 Å². The average molecular weight is 285 g/mol. The zero-order valence-electron chi connectivity index (χ0n) is 12.7. The monoisotopic (exact) mass is 285 g/mol. The second-order valence-corrected chi connectivity index (χ2v) is 4.42. The number of benzene rings is 2. The molecule has 2 aromatic carbocycles. The summed E-state index contributed by atoms with van der Waals surface area (Å²) in [6, 6.07) is 17.2. The van der Waals surface area contributed by atoms with E-state index in [1.165, 1.54) is 0 Å². The van der Waals surface area contributed by atoms with E-state index in [0.29, 0.717) is 13.0 Å². The summed E-state index contributed by atoms with van der Waals surface area (Å²) >= 11 is 0. The van der Waals surface area contributed by atoms with Crippen molar-refractivity contribution in [2.24, 2.45) is 5.73 Å². The summed E-state index contributed by atoms with van der Waals surface area (Å²) in [5.41, 5.74) is 7.75. The number of hydrogen-bond acceptors (Lipinski definition) is 3.